The number of hydrogen-bond acceptors (Lipinski definition) is 3. The topological polar surface area (TPSA) is 29.1 Å². The van der Waals surface area contributed by atoms with E-state index in [1.54, 1.807) is 23.1 Å². The van der Waals surface area contributed by atoms with Gasteiger partial charge in [-0.15, -0.1) is 23.1 Å². The zero-order valence-electron chi connectivity index (χ0n) is 10.5. The van der Waals surface area contributed by atoms with Crippen LogP contribution >= 0.6 is 23.1 Å². The Kier molecular flexibility index (Phi) is 4.64. The number of carbonyl (C=O) groups is 1. The van der Waals surface area contributed by atoms with Crippen LogP contribution in [0.25, 0.3) is 0 Å². The van der Waals surface area contributed by atoms with Crippen molar-refractivity contribution in [3.8, 4) is 0 Å². The standard InChI is InChI=1S/C11H19NOS2Si/c1-6-12-11(13)10-8(16(3,4)5)7-9(14-2)15-10/h7H,6H2,1-5H3,(H,12,13). The quantitative estimate of drug-likeness (QED) is 0.675. The molecule has 0 aliphatic rings. The number of thioether (sulfide) groups is 1. The van der Waals surface area contributed by atoms with Gasteiger partial charge in [0.15, 0.2) is 0 Å². The molecule has 0 spiro atoms. The maximum absolute atomic E-state index is 12.0. The molecule has 0 unspecified atom stereocenters. The summed E-state index contributed by atoms with van der Waals surface area (Å²) in [5.74, 6) is 0.0882. The van der Waals surface area contributed by atoms with E-state index < -0.39 is 8.07 Å². The molecule has 1 heterocycles. The Morgan fingerprint density at radius 2 is 2.12 bits per heavy atom. The van der Waals surface area contributed by atoms with Crippen LogP contribution in [0.5, 0.6) is 0 Å². The molecule has 0 radical (unpaired) electrons. The van der Waals surface area contributed by atoms with Crippen LogP contribution in [0.1, 0.15) is 16.6 Å². The Balaban J connectivity index is 3.15. The number of nitrogens with one attached hydrogen (secondary N) is 1. The van der Waals surface area contributed by atoms with Gasteiger partial charge in [0, 0.05) is 6.54 Å². The highest BCUT2D eigenvalue weighted by atomic mass is 32.2. The second kappa shape index (κ2) is 5.38. The molecule has 0 aliphatic heterocycles. The van der Waals surface area contributed by atoms with Crippen molar-refractivity contribution < 1.29 is 4.79 Å². The second-order valence-electron chi connectivity index (χ2n) is 4.62. The predicted octanol–water partition coefficient (Wildman–Crippen LogP) is 2.76. The molecule has 0 aliphatic carbocycles. The highest BCUT2D eigenvalue weighted by Crippen LogP contribution is 2.26. The van der Waals surface area contributed by atoms with Crippen molar-refractivity contribution in [2.75, 3.05) is 12.8 Å². The number of thiophene rings is 1. The zero-order chi connectivity index (χ0) is 12.3. The third-order valence-corrected chi connectivity index (χ3v) is 6.65. The smallest absolute Gasteiger partial charge is 0.261 e. The number of rotatable bonds is 4. The first kappa shape index (κ1) is 13.8. The number of amides is 1. The average molecular weight is 273 g/mol. The fourth-order valence-electron chi connectivity index (χ4n) is 1.44. The minimum atomic E-state index is -1.43. The van der Waals surface area contributed by atoms with Gasteiger partial charge in [0.25, 0.3) is 5.91 Å². The summed E-state index contributed by atoms with van der Waals surface area (Å²) in [5.41, 5.74) is 0. The minimum Gasteiger partial charge on any atom is -0.352 e. The monoisotopic (exact) mass is 273 g/mol. The van der Waals surface area contributed by atoms with Crippen LogP contribution in [0, 0.1) is 0 Å². The molecular weight excluding hydrogens is 254 g/mol. The van der Waals surface area contributed by atoms with Crippen LogP contribution in [0.15, 0.2) is 10.3 Å². The van der Waals surface area contributed by atoms with Gasteiger partial charge in [0.2, 0.25) is 0 Å². The van der Waals surface area contributed by atoms with Crippen LogP contribution in [0.4, 0.5) is 0 Å². The highest BCUT2D eigenvalue weighted by molar-refractivity contribution is 8.00. The molecule has 0 bridgehead atoms. The van der Waals surface area contributed by atoms with E-state index in [0.717, 1.165) is 4.88 Å². The van der Waals surface area contributed by atoms with Crippen LogP contribution in [0.3, 0.4) is 0 Å². The second-order valence-corrected chi connectivity index (χ2v) is 11.8. The van der Waals surface area contributed by atoms with Crippen molar-refractivity contribution in [3.05, 3.63) is 10.9 Å². The molecule has 2 nitrogen and oxygen atoms in total. The van der Waals surface area contributed by atoms with Gasteiger partial charge < -0.3 is 5.32 Å². The molecule has 0 fully saturated rings. The summed E-state index contributed by atoms with van der Waals surface area (Å²) in [6.45, 7) is 9.48. The molecule has 1 aromatic heterocycles. The summed E-state index contributed by atoms with van der Waals surface area (Å²) in [5, 5.41) is 4.18. The number of carbonyl (C=O) groups excluding carboxylic acids is 1. The molecule has 0 saturated carbocycles. The lowest BCUT2D eigenvalue weighted by molar-refractivity contribution is 0.0961. The lowest BCUT2D eigenvalue weighted by atomic mass is 10.4. The molecule has 16 heavy (non-hydrogen) atoms. The SMILES string of the molecule is CCNC(=O)c1sc(SC)cc1[Si](C)(C)C. The fourth-order valence-corrected chi connectivity index (χ4v) is 5.62. The molecule has 1 amide bonds. The summed E-state index contributed by atoms with van der Waals surface area (Å²) in [6, 6.07) is 2.20. The predicted molar refractivity (Wildman–Crippen MR) is 77.1 cm³/mol. The third kappa shape index (κ3) is 3.12. The molecule has 0 atom stereocenters. The van der Waals surface area contributed by atoms with Gasteiger partial charge >= 0.3 is 0 Å². The van der Waals surface area contributed by atoms with E-state index in [2.05, 4.69) is 37.3 Å². The minimum absolute atomic E-state index is 0.0882. The van der Waals surface area contributed by atoms with Gasteiger partial charge in [-0.3, -0.25) is 4.79 Å². The van der Waals surface area contributed by atoms with Crippen molar-refractivity contribution in [1.29, 1.82) is 0 Å². The lowest BCUT2D eigenvalue weighted by Gasteiger charge is -2.16. The Morgan fingerprint density at radius 3 is 2.56 bits per heavy atom. The van der Waals surface area contributed by atoms with Gasteiger partial charge in [0.05, 0.1) is 17.2 Å². The molecule has 1 N–H and O–H groups in total. The maximum atomic E-state index is 12.0. The number of hydrogen-bond donors (Lipinski definition) is 1. The molecule has 5 heteroatoms. The van der Waals surface area contributed by atoms with E-state index in [0.29, 0.717) is 6.54 Å². The van der Waals surface area contributed by atoms with E-state index in [1.165, 1.54) is 9.40 Å². The van der Waals surface area contributed by atoms with Crippen molar-refractivity contribution in [2.24, 2.45) is 0 Å². The fraction of sp³-hybridized carbons (Fsp3) is 0.545. The van der Waals surface area contributed by atoms with Crippen LogP contribution < -0.4 is 10.5 Å². The summed E-state index contributed by atoms with van der Waals surface area (Å²) in [6.07, 6.45) is 2.06. The molecule has 0 aromatic carbocycles. The molecule has 0 saturated heterocycles. The summed E-state index contributed by atoms with van der Waals surface area (Å²) >= 11 is 3.34. The van der Waals surface area contributed by atoms with E-state index in [-0.39, 0.29) is 5.91 Å². The van der Waals surface area contributed by atoms with Crippen LogP contribution in [-0.4, -0.2) is 26.8 Å². The average Bonchev–Trinajstić information content (AvgIpc) is 2.61. The molecule has 1 rings (SSSR count). The first-order valence-corrected chi connectivity index (χ1v) is 10.9. The van der Waals surface area contributed by atoms with Gasteiger partial charge in [-0.1, -0.05) is 19.6 Å². The van der Waals surface area contributed by atoms with Crippen molar-refractivity contribution in [1.82, 2.24) is 5.32 Å². The first-order chi connectivity index (χ1) is 7.40. The largest absolute Gasteiger partial charge is 0.352 e. The molecule has 90 valence electrons. The van der Waals surface area contributed by atoms with Gasteiger partial charge in [-0.25, -0.2) is 0 Å². The Hall–Kier alpha value is -0.263. The highest BCUT2D eigenvalue weighted by Gasteiger charge is 2.26. The first-order valence-electron chi connectivity index (χ1n) is 5.36. The van der Waals surface area contributed by atoms with E-state index >= 15 is 0 Å². The normalized spacial score (nSPS) is 11.6. The zero-order valence-corrected chi connectivity index (χ0v) is 13.1. The maximum Gasteiger partial charge on any atom is 0.261 e. The Labute approximate surface area is 107 Å². The Morgan fingerprint density at radius 1 is 1.50 bits per heavy atom. The van der Waals surface area contributed by atoms with Crippen LogP contribution in [-0.2, 0) is 0 Å². The summed E-state index contributed by atoms with van der Waals surface area (Å²) < 4.78 is 1.23. The third-order valence-electron chi connectivity index (χ3n) is 2.26. The van der Waals surface area contributed by atoms with E-state index in [4.69, 9.17) is 0 Å². The van der Waals surface area contributed by atoms with E-state index in [9.17, 15) is 4.79 Å². The Bertz CT molecular complexity index is 382. The lowest BCUT2D eigenvalue weighted by Crippen LogP contribution is -2.41. The van der Waals surface area contributed by atoms with Gasteiger partial charge in [-0.2, -0.15) is 0 Å². The van der Waals surface area contributed by atoms with Gasteiger partial charge in [-0.05, 0) is 24.4 Å². The van der Waals surface area contributed by atoms with Gasteiger partial charge in [0.1, 0.15) is 0 Å². The summed E-state index contributed by atoms with van der Waals surface area (Å²) in [4.78, 5) is 12.9. The molecule has 1 aromatic rings. The van der Waals surface area contributed by atoms with Crippen LogP contribution in [0.2, 0.25) is 19.6 Å². The van der Waals surface area contributed by atoms with Crippen molar-refractivity contribution >= 4 is 42.3 Å². The summed E-state index contributed by atoms with van der Waals surface area (Å²) in [7, 11) is -1.43. The van der Waals surface area contributed by atoms with E-state index in [1.807, 2.05) is 6.92 Å². The van der Waals surface area contributed by atoms with Crippen molar-refractivity contribution in [3.63, 3.8) is 0 Å². The van der Waals surface area contributed by atoms with Crippen molar-refractivity contribution in [2.45, 2.75) is 30.8 Å². The molecular formula is C11H19NOS2Si.